The molecule has 0 aliphatic heterocycles. The van der Waals surface area contributed by atoms with Gasteiger partial charge in [-0.05, 0) is 37.1 Å². The van der Waals surface area contributed by atoms with Crippen molar-refractivity contribution in [2.45, 2.75) is 20.3 Å². The number of rotatable bonds is 4. The number of carbonyl (C=O) groups excluding carboxylic acids is 1. The highest BCUT2D eigenvalue weighted by Crippen LogP contribution is 2.07. The van der Waals surface area contributed by atoms with Crippen molar-refractivity contribution in [1.82, 2.24) is 0 Å². The summed E-state index contributed by atoms with van der Waals surface area (Å²) < 4.78 is 12.8. The van der Waals surface area contributed by atoms with Gasteiger partial charge in [0.05, 0.1) is 0 Å². The molecule has 0 fully saturated rings. The Labute approximate surface area is 88.8 Å². The highest BCUT2D eigenvalue weighted by Gasteiger charge is 1.96. The van der Waals surface area contributed by atoms with E-state index in [2.05, 4.69) is 4.99 Å². The van der Waals surface area contributed by atoms with Gasteiger partial charge in [-0.25, -0.2) is 4.39 Å². The summed E-state index contributed by atoms with van der Waals surface area (Å²) >= 11 is 0. The highest BCUT2D eigenvalue weighted by atomic mass is 19.1. The molecule has 0 aromatic heterocycles. The molecule has 0 aliphatic rings. The SMILES string of the molecule is CC(=O)CCN=Cc1ccc(F)cc1C. The lowest BCUT2D eigenvalue weighted by Gasteiger charge is -1.99. The quantitative estimate of drug-likeness (QED) is 0.697. The molecule has 0 spiro atoms. The molecule has 0 atom stereocenters. The number of Topliss-reactive ketones (excluding diaryl/α,β-unsaturated/α-hetero) is 1. The molecular formula is C12H14FNO. The van der Waals surface area contributed by atoms with Crippen LogP contribution in [0.1, 0.15) is 24.5 Å². The molecule has 0 aliphatic carbocycles. The van der Waals surface area contributed by atoms with Crippen LogP contribution in [0.15, 0.2) is 23.2 Å². The molecule has 0 bridgehead atoms. The zero-order chi connectivity index (χ0) is 11.3. The zero-order valence-corrected chi connectivity index (χ0v) is 8.96. The highest BCUT2D eigenvalue weighted by molar-refractivity contribution is 5.82. The summed E-state index contributed by atoms with van der Waals surface area (Å²) in [6, 6.07) is 4.55. The van der Waals surface area contributed by atoms with E-state index in [-0.39, 0.29) is 11.6 Å². The van der Waals surface area contributed by atoms with Gasteiger partial charge in [0.25, 0.3) is 0 Å². The molecule has 1 rings (SSSR count). The van der Waals surface area contributed by atoms with Crippen LogP contribution in [0, 0.1) is 12.7 Å². The monoisotopic (exact) mass is 207 g/mol. The molecule has 1 aromatic rings. The fourth-order valence-electron chi connectivity index (χ4n) is 1.17. The minimum absolute atomic E-state index is 0.128. The van der Waals surface area contributed by atoms with E-state index in [1.54, 1.807) is 19.2 Å². The number of aryl methyl sites for hydroxylation is 1. The average Bonchev–Trinajstić information content (AvgIpc) is 2.14. The van der Waals surface area contributed by atoms with Gasteiger partial charge >= 0.3 is 0 Å². The molecule has 0 saturated heterocycles. The first-order chi connectivity index (χ1) is 7.09. The van der Waals surface area contributed by atoms with Crippen molar-refractivity contribution in [3.63, 3.8) is 0 Å². The first-order valence-corrected chi connectivity index (χ1v) is 4.85. The zero-order valence-electron chi connectivity index (χ0n) is 8.96. The molecular weight excluding hydrogens is 193 g/mol. The number of carbonyl (C=O) groups is 1. The van der Waals surface area contributed by atoms with Crippen molar-refractivity contribution < 1.29 is 9.18 Å². The first-order valence-electron chi connectivity index (χ1n) is 4.85. The molecule has 3 heteroatoms. The van der Waals surface area contributed by atoms with Crippen molar-refractivity contribution in [2.24, 2.45) is 4.99 Å². The standard InChI is InChI=1S/C12H14FNO/c1-9-7-12(13)4-3-11(9)8-14-6-5-10(2)15/h3-4,7-8H,5-6H2,1-2H3. The molecule has 15 heavy (non-hydrogen) atoms. The van der Waals surface area contributed by atoms with E-state index >= 15 is 0 Å². The third-order valence-corrected chi connectivity index (χ3v) is 2.06. The molecule has 0 unspecified atom stereocenters. The van der Waals surface area contributed by atoms with Crippen LogP contribution in [0.5, 0.6) is 0 Å². The van der Waals surface area contributed by atoms with Gasteiger partial charge in [-0.3, -0.25) is 9.79 Å². The largest absolute Gasteiger partial charge is 0.300 e. The van der Waals surface area contributed by atoms with Crippen molar-refractivity contribution in [1.29, 1.82) is 0 Å². The fraction of sp³-hybridized carbons (Fsp3) is 0.333. The van der Waals surface area contributed by atoms with Crippen LogP contribution >= 0.6 is 0 Å². The molecule has 0 amide bonds. The lowest BCUT2D eigenvalue weighted by Crippen LogP contribution is -1.94. The third-order valence-electron chi connectivity index (χ3n) is 2.06. The average molecular weight is 207 g/mol. The Kier molecular flexibility index (Phi) is 4.16. The Morgan fingerprint density at radius 2 is 2.27 bits per heavy atom. The summed E-state index contributed by atoms with van der Waals surface area (Å²) in [6.45, 7) is 3.86. The fourth-order valence-corrected chi connectivity index (χ4v) is 1.17. The summed E-state index contributed by atoms with van der Waals surface area (Å²) in [7, 11) is 0. The van der Waals surface area contributed by atoms with Gasteiger partial charge < -0.3 is 0 Å². The summed E-state index contributed by atoms with van der Waals surface area (Å²) in [6.07, 6.45) is 2.13. The number of halogens is 1. The van der Waals surface area contributed by atoms with E-state index in [4.69, 9.17) is 0 Å². The van der Waals surface area contributed by atoms with Gasteiger partial charge in [-0.15, -0.1) is 0 Å². The number of hydrogen-bond acceptors (Lipinski definition) is 2. The van der Waals surface area contributed by atoms with Gasteiger partial charge in [-0.1, -0.05) is 6.07 Å². The minimum atomic E-state index is -0.242. The lowest BCUT2D eigenvalue weighted by molar-refractivity contribution is -0.116. The van der Waals surface area contributed by atoms with E-state index in [1.165, 1.54) is 12.1 Å². The Morgan fingerprint density at radius 3 is 2.87 bits per heavy atom. The van der Waals surface area contributed by atoms with Gasteiger partial charge in [0.15, 0.2) is 0 Å². The second-order valence-electron chi connectivity index (χ2n) is 3.49. The molecule has 0 saturated carbocycles. The summed E-state index contributed by atoms with van der Waals surface area (Å²) in [5, 5.41) is 0. The smallest absolute Gasteiger partial charge is 0.131 e. The van der Waals surface area contributed by atoms with Crippen LogP contribution in [-0.2, 0) is 4.79 Å². The van der Waals surface area contributed by atoms with E-state index in [1.807, 2.05) is 6.92 Å². The van der Waals surface area contributed by atoms with Crippen molar-refractivity contribution in [2.75, 3.05) is 6.54 Å². The maximum atomic E-state index is 12.8. The van der Waals surface area contributed by atoms with Gasteiger partial charge in [0.1, 0.15) is 11.6 Å². The van der Waals surface area contributed by atoms with E-state index < -0.39 is 0 Å². The van der Waals surface area contributed by atoms with Crippen LogP contribution in [0.2, 0.25) is 0 Å². The van der Waals surface area contributed by atoms with E-state index in [9.17, 15) is 9.18 Å². The summed E-state index contributed by atoms with van der Waals surface area (Å²) in [5.74, 6) is -0.114. The number of hydrogen-bond donors (Lipinski definition) is 0. The Morgan fingerprint density at radius 1 is 1.53 bits per heavy atom. The topological polar surface area (TPSA) is 29.4 Å². The Bertz CT molecular complexity index is 385. The number of nitrogens with zero attached hydrogens (tertiary/aromatic N) is 1. The van der Waals surface area contributed by atoms with Crippen LogP contribution in [0.25, 0.3) is 0 Å². The van der Waals surface area contributed by atoms with Crippen molar-refractivity contribution in [3.05, 3.63) is 35.1 Å². The molecule has 0 heterocycles. The molecule has 2 nitrogen and oxygen atoms in total. The Balaban J connectivity index is 2.60. The maximum Gasteiger partial charge on any atom is 0.131 e. The molecule has 0 N–H and O–H groups in total. The van der Waals surface area contributed by atoms with Crippen LogP contribution in [0.4, 0.5) is 4.39 Å². The number of ketones is 1. The second-order valence-corrected chi connectivity index (χ2v) is 3.49. The van der Waals surface area contributed by atoms with Gasteiger partial charge in [0.2, 0.25) is 0 Å². The van der Waals surface area contributed by atoms with Crippen LogP contribution in [0.3, 0.4) is 0 Å². The molecule has 1 aromatic carbocycles. The summed E-state index contributed by atoms with van der Waals surface area (Å²) in [4.78, 5) is 14.7. The number of aliphatic imine (C=N–C) groups is 1. The predicted octanol–water partition coefficient (Wildman–Crippen LogP) is 2.53. The minimum Gasteiger partial charge on any atom is -0.300 e. The normalized spacial score (nSPS) is 10.9. The number of benzene rings is 1. The second kappa shape index (κ2) is 5.39. The van der Waals surface area contributed by atoms with Gasteiger partial charge in [-0.2, -0.15) is 0 Å². The van der Waals surface area contributed by atoms with Crippen LogP contribution in [-0.4, -0.2) is 18.5 Å². The van der Waals surface area contributed by atoms with E-state index in [0.29, 0.717) is 13.0 Å². The maximum absolute atomic E-state index is 12.8. The predicted molar refractivity (Wildman–Crippen MR) is 58.9 cm³/mol. The lowest BCUT2D eigenvalue weighted by atomic mass is 10.1. The van der Waals surface area contributed by atoms with Crippen LogP contribution < -0.4 is 0 Å². The summed E-state index contributed by atoms with van der Waals surface area (Å²) in [5.41, 5.74) is 1.74. The first kappa shape index (κ1) is 11.6. The molecule has 80 valence electrons. The third kappa shape index (κ3) is 4.02. The Hall–Kier alpha value is -1.51. The van der Waals surface area contributed by atoms with Crippen molar-refractivity contribution in [3.8, 4) is 0 Å². The molecule has 0 radical (unpaired) electrons. The van der Waals surface area contributed by atoms with Crippen molar-refractivity contribution >= 4 is 12.0 Å². The van der Waals surface area contributed by atoms with Gasteiger partial charge in [0, 0.05) is 19.2 Å². The van der Waals surface area contributed by atoms with E-state index in [0.717, 1.165) is 11.1 Å².